The van der Waals surface area contributed by atoms with E-state index in [1.54, 1.807) is 20.0 Å². The van der Waals surface area contributed by atoms with Gasteiger partial charge >= 0.3 is 6.18 Å². The smallest absolute Gasteiger partial charge is 0.416 e. The number of halogens is 3. The van der Waals surface area contributed by atoms with Gasteiger partial charge in [-0.1, -0.05) is 23.6 Å². The molecule has 35 heavy (non-hydrogen) atoms. The van der Waals surface area contributed by atoms with Crippen molar-refractivity contribution in [3.8, 4) is 28.7 Å². The van der Waals surface area contributed by atoms with Crippen LogP contribution in [0.25, 0.3) is 11.1 Å². The van der Waals surface area contributed by atoms with Crippen LogP contribution in [-0.4, -0.2) is 42.0 Å². The van der Waals surface area contributed by atoms with E-state index in [1.165, 1.54) is 31.6 Å². The topological polar surface area (TPSA) is 141 Å². The highest BCUT2D eigenvalue weighted by Gasteiger charge is 2.32. The molecule has 0 fully saturated rings. The summed E-state index contributed by atoms with van der Waals surface area (Å²) in [5, 5.41) is 4.80. The molecule has 0 spiro atoms. The minimum atomic E-state index is -4.58. The first-order valence-corrected chi connectivity index (χ1v) is 11.2. The molecule has 0 saturated carbocycles. The molecule has 1 aromatic carbocycles. The molecule has 188 valence electrons. The monoisotopic (exact) mass is 508 g/mol. The quantitative estimate of drug-likeness (QED) is 0.270. The zero-order valence-electron chi connectivity index (χ0n) is 19.3. The number of nitrogens with one attached hydrogen (secondary N) is 2. The summed E-state index contributed by atoms with van der Waals surface area (Å²) in [5.74, 6) is 5.25. The Morgan fingerprint density at radius 3 is 2.54 bits per heavy atom. The summed E-state index contributed by atoms with van der Waals surface area (Å²) in [5.41, 5.74) is 16.7. The van der Waals surface area contributed by atoms with Crippen LogP contribution in [-0.2, 0) is 6.18 Å². The first-order valence-electron chi connectivity index (χ1n) is 10.3. The molecular weight excluding hydrogens is 481 g/mol. The Bertz CT molecular complexity index is 1130. The van der Waals surface area contributed by atoms with Gasteiger partial charge in [0, 0.05) is 29.2 Å². The van der Waals surface area contributed by atoms with Gasteiger partial charge in [0.25, 0.3) is 5.91 Å². The molecule has 0 aliphatic heterocycles. The van der Waals surface area contributed by atoms with Crippen LogP contribution in [0.3, 0.4) is 0 Å². The molecule has 0 radical (unpaired) electrons. The van der Waals surface area contributed by atoms with Gasteiger partial charge in [0.1, 0.15) is 16.6 Å². The Kier molecular flexibility index (Phi) is 9.97. The van der Waals surface area contributed by atoms with E-state index in [0.717, 1.165) is 23.9 Å². The first kappa shape index (κ1) is 28.0. The normalized spacial score (nSPS) is 14.3. The van der Waals surface area contributed by atoms with Crippen LogP contribution in [0.5, 0.6) is 5.75 Å². The lowest BCUT2D eigenvalue weighted by atomic mass is 9.98. The summed E-state index contributed by atoms with van der Waals surface area (Å²) in [7, 11) is 3.04. The molecule has 1 aromatic heterocycles. The van der Waals surface area contributed by atoms with E-state index in [1.807, 2.05) is 0 Å². The number of ether oxygens (including phenoxy) is 1. The number of carbonyl (C=O) groups excluding carboxylic acids is 1. The Labute approximate surface area is 205 Å². The Morgan fingerprint density at radius 2 is 1.94 bits per heavy atom. The second-order valence-electron chi connectivity index (χ2n) is 7.25. The lowest BCUT2D eigenvalue weighted by Crippen LogP contribution is -2.41. The van der Waals surface area contributed by atoms with Gasteiger partial charge in [-0.3, -0.25) is 9.78 Å². The molecule has 8 N–H and O–H groups in total. The molecule has 0 aliphatic rings. The second-order valence-corrected chi connectivity index (χ2v) is 8.54. The van der Waals surface area contributed by atoms with E-state index in [-0.39, 0.29) is 28.5 Å². The largest absolute Gasteiger partial charge is 0.496 e. The predicted molar refractivity (Wildman–Crippen MR) is 131 cm³/mol. The number of thioether (sulfide) groups is 1. The molecule has 0 bridgehead atoms. The molecule has 3 unspecified atom stereocenters. The van der Waals surface area contributed by atoms with Crippen LogP contribution in [0.15, 0.2) is 48.4 Å². The van der Waals surface area contributed by atoms with E-state index >= 15 is 0 Å². The average Bonchev–Trinajstić information content (AvgIpc) is 2.80. The molecule has 2 aromatic rings. The van der Waals surface area contributed by atoms with Crippen molar-refractivity contribution in [2.45, 2.75) is 30.0 Å². The van der Waals surface area contributed by atoms with Crippen LogP contribution in [0.1, 0.15) is 22.8 Å². The number of benzene rings is 1. The van der Waals surface area contributed by atoms with Gasteiger partial charge in [-0.15, -0.1) is 0 Å². The van der Waals surface area contributed by atoms with E-state index in [4.69, 9.17) is 21.9 Å². The molecule has 0 saturated heterocycles. The summed E-state index contributed by atoms with van der Waals surface area (Å²) in [4.78, 5) is 16.9. The zero-order chi connectivity index (χ0) is 26.2. The lowest BCUT2D eigenvalue weighted by Gasteiger charge is -2.18. The molecule has 8 nitrogen and oxygen atoms in total. The van der Waals surface area contributed by atoms with Crippen molar-refractivity contribution >= 4 is 17.7 Å². The molecule has 1 heterocycles. The van der Waals surface area contributed by atoms with Gasteiger partial charge in [0.15, 0.2) is 0 Å². The van der Waals surface area contributed by atoms with Crippen molar-refractivity contribution in [3.05, 3.63) is 59.6 Å². The first-order chi connectivity index (χ1) is 16.5. The molecule has 3 atom stereocenters. The van der Waals surface area contributed by atoms with Gasteiger partial charge in [-0.2, -0.15) is 13.2 Å². The molecule has 12 heteroatoms. The van der Waals surface area contributed by atoms with Crippen molar-refractivity contribution in [3.63, 3.8) is 0 Å². The highest BCUT2D eigenvalue weighted by atomic mass is 32.2. The number of rotatable bonds is 8. The number of likely N-dealkylation sites (N-methyl/N-ethyl adjacent to an activating group) is 1. The fourth-order valence-corrected chi connectivity index (χ4v) is 3.59. The van der Waals surface area contributed by atoms with Gasteiger partial charge in [-0.05, 0) is 44.3 Å². The Morgan fingerprint density at radius 1 is 1.23 bits per heavy atom. The number of amides is 1. The molecule has 1 amide bonds. The minimum absolute atomic E-state index is 0.0609. The third-order valence-electron chi connectivity index (χ3n) is 4.57. The van der Waals surface area contributed by atoms with Crippen molar-refractivity contribution in [1.82, 2.24) is 15.6 Å². The van der Waals surface area contributed by atoms with Crippen LogP contribution in [0.2, 0.25) is 0 Å². The third-order valence-corrected chi connectivity index (χ3v) is 5.39. The summed E-state index contributed by atoms with van der Waals surface area (Å²) < 4.78 is 45.0. The second kappa shape index (κ2) is 12.5. The maximum absolute atomic E-state index is 13.3. The predicted octanol–water partition coefficient (Wildman–Crippen LogP) is 2.22. The maximum atomic E-state index is 13.3. The maximum Gasteiger partial charge on any atom is 0.416 e. The number of pyridine rings is 1. The number of nitrogens with zero attached hydrogens (tertiary/aromatic N) is 1. The van der Waals surface area contributed by atoms with Gasteiger partial charge < -0.3 is 32.6 Å². The molecular formula is C23H27F3N6O2S. The molecule has 0 aliphatic carbocycles. The summed E-state index contributed by atoms with van der Waals surface area (Å²) >= 11 is 0.990. The number of aromatic nitrogens is 1. The van der Waals surface area contributed by atoms with Crippen molar-refractivity contribution in [2.75, 3.05) is 14.2 Å². The van der Waals surface area contributed by atoms with Crippen molar-refractivity contribution in [2.24, 2.45) is 17.2 Å². The standard InChI is InChI=1S/C23H27F3N6O2S/c1-13(27)10-15(30-2)5-7-20(28)35-22(29)32-21(33)16-8-9-31-12-18(16)17-11-14(23(24,25)26)4-6-19(17)34-3/h4,6,8-12,15,20,22,30H,27-29H2,1-3H3,(H,32,33)/b13-10-. The number of hydrogen-bond acceptors (Lipinski definition) is 8. The summed E-state index contributed by atoms with van der Waals surface area (Å²) in [6.45, 7) is 1.73. The highest BCUT2D eigenvalue weighted by molar-refractivity contribution is 8.00. The van der Waals surface area contributed by atoms with E-state index in [9.17, 15) is 18.0 Å². The van der Waals surface area contributed by atoms with Crippen molar-refractivity contribution < 1.29 is 22.7 Å². The van der Waals surface area contributed by atoms with E-state index in [0.29, 0.717) is 5.70 Å². The van der Waals surface area contributed by atoms with Crippen LogP contribution in [0.4, 0.5) is 13.2 Å². The number of carbonyl (C=O) groups is 1. The Hall–Kier alpha value is -3.24. The fourth-order valence-electron chi connectivity index (χ4n) is 2.97. The minimum Gasteiger partial charge on any atom is -0.496 e. The van der Waals surface area contributed by atoms with Crippen LogP contribution >= 0.6 is 11.8 Å². The highest BCUT2D eigenvalue weighted by Crippen LogP contribution is 2.38. The number of hydrogen-bond donors (Lipinski definition) is 5. The SMILES string of the molecule is CNC(C#CC(N)SC(N)NC(=O)c1ccncc1-c1cc(C(F)(F)F)ccc1OC)/C=C(/C)N. The van der Waals surface area contributed by atoms with E-state index in [2.05, 4.69) is 27.5 Å². The summed E-state index contributed by atoms with van der Waals surface area (Å²) in [6, 6.07) is 4.06. The summed E-state index contributed by atoms with van der Waals surface area (Å²) in [6.07, 6.45) is -0.223. The van der Waals surface area contributed by atoms with Crippen LogP contribution in [0, 0.1) is 11.8 Å². The van der Waals surface area contributed by atoms with Gasteiger partial charge in [0.05, 0.1) is 24.3 Å². The van der Waals surface area contributed by atoms with Crippen LogP contribution < -0.4 is 32.6 Å². The number of methoxy groups -OCH3 is 1. The Balaban J connectivity index is 2.24. The van der Waals surface area contributed by atoms with Crippen molar-refractivity contribution in [1.29, 1.82) is 0 Å². The third kappa shape index (κ3) is 8.18. The van der Waals surface area contributed by atoms with Gasteiger partial charge in [0.2, 0.25) is 0 Å². The number of nitrogens with two attached hydrogens (primary N) is 3. The fraction of sp³-hybridized carbons (Fsp3) is 0.304. The molecule has 2 rings (SSSR count). The average molecular weight is 509 g/mol. The number of alkyl halides is 3. The number of allylic oxidation sites excluding steroid dienone is 1. The van der Waals surface area contributed by atoms with E-state index < -0.39 is 28.5 Å². The lowest BCUT2D eigenvalue weighted by molar-refractivity contribution is -0.137. The van der Waals surface area contributed by atoms with Gasteiger partial charge in [-0.25, -0.2) is 0 Å². The zero-order valence-corrected chi connectivity index (χ0v) is 20.1.